The summed E-state index contributed by atoms with van der Waals surface area (Å²) in [5.74, 6) is -0.477. The molecule has 94 valence electrons. The Labute approximate surface area is 96.0 Å². The molecule has 0 radical (unpaired) electrons. The van der Waals surface area contributed by atoms with E-state index in [4.69, 9.17) is 14.2 Å². The van der Waals surface area contributed by atoms with Gasteiger partial charge >= 0.3 is 12.1 Å². The first kappa shape index (κ1) is 14.4. The number of esters is 1. The van der Waals surface area contributed by atoms with Crippen molar-refractivity contribution in [1.82, 2.24) is 5.32 Å². The third-order valence-corrected chi connectivity index (χ3v) is 1.47. The number of rotatable bonds is 7. The van der Waals surface area contributed by atoms with Crippen LogP contribution in [0.2, 0.25) is 0 Å². The number of hydrogen-bond acceptors (Lipinski definition) is 5. The molecule has 6 nitrogen and oxygen atoms in total. The summed E-state index contributed by atoms with van der Waals surface area (Å²) in [4.78, 5) is 21.9. The molecule has 16 heavy (non-hydrogen) atoms. The van der Waals surface area contributed by atoms with Crippen LogP contribution in [0.5, 0.6) is 0 Å². The standard InChI is InChI=1S/C10H17NO5.H2/c1-8(2)9(12)15-5-4-11-10(13)16-7-6-14-3;/h1,4-7H2,2-3H3,(H,11,13);1H. The van der Waals surface area contributed by atoms with Crippen LogP contribution in [0.15, 0.2) is 12.2 Å². The van der Waals surface area contributed by atoms with Crippen molar-refractivity contribution in [2.75, 3.05) is 33.5 Å². The van der Waals surface area contributed by atoms with Gasteiger partial charge in [-0.25, -0.2) is 9.59 Å². The van der Waals surface area contributed by atoms with Gasteiger partial charge in [0.1, 0.15) is 13.2 Å². The molecule has 0 unspecified atom stereocenters. The molecule has 0 rings (SSSR count). The van der Waals surface area contributed by atoms with Crippen molar-refractivity contribution >= 4 is 12.1 Å². The minimum Gasteiger partial charge on any atom is -0.460 e. The highest BCUT2D eigenvalue weighted by atomic mass is 16.6. The summed E-state index contributed by atoms with van der Waals surface area (Å²) < 4.78 is 14.1. The van der Waals surface area contributed by atoms with Gasteiger partial charge in [-0.1, -0.05) is 6.58 Å². The van der Waals surface area contributed by atoms with Crippen LogP contribution < -0.4 is 5.32 Å². The number of ether oxygens (including phenoxy) is 3. The molecule has 0 saturated carbocycles. The average Bonchev–Trinajstić information content (AvgIpc) is 2.24. The molecule has 0 atom stereocenters. The van der Waals surface area contributed by atoms with Crippen LogP contribution in [0.1, 0.15) is 8.35 Å². The van der Waals surface area contributed by atoms with E-state index < -0.39 is 12.1 Å². The molecular weight excluding hydrogens is 214 g/mol. The molecule has 0 aromatic heterocycles. The van der Waals surface area contributed by atoms with Gasteiger partial charge in [0.25, 0.3) is 0 Å². The second-order valence-electron chi connectivity index (χ2n) is 2.97. The number of hydrogen-bond donors (Lipinski definition) is 1. The summed E-state index contributed by atoms with van der Waals surface area (Å²) in [6.07, 6.45) is -0.566. The Morgan fingerprint density at radius 2 is 1.94 bits per heavy atom. The number of methoxy groups -OCH3 is 1. The molecule has 1 N–H and O–H groups in total. The fraction of sp³-hybridized carbons (Fsp3) is 0.600. The van der Waals surface area contributed by atoms with Crippen LogP contribution in [0, 0.1) is 0 Å². The first-order valence-electron chi connectivity index (χ1n) is 4.80. The van der Waals surface area contributed by atoms with E-state index in [1.54, 1.807) is 6.92 Å². The molecule has 1 amide bonds. The van der Waals surface area contributed by atoms with Crippen molar-refractivity contribution in [2.24, 2.45) is 0 Å². The minimum absolute atomic E-state index is 0. The van der Waals surface area contributed by atoms with E-state index in [0.717, 1.165) is 0 Å². The molecule has 6 heteroatoms. The quantitative estimate of drug-likeness (QED) is 0.398. The molecule has 0 spiro atoms. The van der Waals surface area contributed by atoms with Crippen LogP contribution in [0.25, 0.3) is 0 Å². The highest BCUT2D eigenvalue weighted by Gasteiger charge is 2.04. The van der Waals surface area contributed by atoms with Crippen LogP contribution in [0.3, 0.4) is 0 Å². The zero-order valence-corrected chi connectivity index (χ0v) is 9.58. The van der Waals surface area contributed by atoms with E-state index in [2.05, 4.69) is 11.9 Å². The van der Waals surface area contributed by atoms with Crippen molar-refractivity contribution < 1.29 is 25.2 Å². The topological polar surface area (TPSA) is 73.9 Å². The summed E-state index contributed by atoms with van der Waals surface area (Å²) in [6.45, 7) is 5.79. The lowest BCUT2D eigenvalue weighted by Crippen LogP contribution is -2.29. The first-order chi connectivity index (χ1) is 7.57. The lowest BCUT2D eigenvalue weighted by molar-refractivity contribution is -0.138. The fourth-order valence-electron chi connectivity index (χ4n) is 0.689. The molecule has 0 saturated heterocycles. The second-order valence-corrected chi connectivity index (χ2v) is 2.97. The van der Waals surface area contributed by atoms with E-state index in [9.17, 15) is 9.59 Å². The Morgan fingerprint density at radius 1 is 1.25 bits per heavy atom. The highest BCUT2D eigenvalue weighted by Crippen LogP contribution is 1.90. The molecule has 0 aliphatic carbocycles. The van der Waals surface area contributed by atoms with Crippen molar-refractivity contribution in [3.05, 3.63) is 12.2 Å². The van der Waals surface area contributed by atoms with E-state index in [0.29, 0.717) is 12.2 Å². The largest absolute Gasteiger partial charge is 0.460 e. The third-order valence-electron chi connectivity index (χ3n) is 1.47. The molecule has 0 aromatic carbocycles. The average molecular weight is 233 g/mol. The Kier molecular flexibility index (Phi) is 7.87. The fourth-order valence-corrected chi connectivity index (χ4v) is 0.689. The lowest BCUT2D eigenvalue weighted by atomic mass is 10.4. The zero-order chi connectivity index (χ0) is 12.4. The minimum atomic E-state index is -0.566. The zero-order valence-electron chi connectivity index (χ0n) is 9.58. The molecule has 0 bridgehead atoms. The van der Waals surface area contributed by atoms with Crippen molar-refractivity contribution in [1.29, 1.82) is 0 Å². The highest BCUT2D eigenvalue weighted by molar-refractivity contribution is 5.86. The molecule has 0 aliphatic rings. The van der Waals surface area contributed by atoms with Crippen LogP contribution in [-0.2, 0) is 19.0 Å². The molecule has 0 heterocycles. The summed E-state index contributed by atoms with van der Waals surface area (Å²) in [5, 5.41) is 2.41. The van der Waals surface area contributed by atoms with Gasteiger partial charge in [-0.05, 0) is 6.92 Å². The lowest BCUT2D eigenvalue weighted by Gasteiger charge is -2.07. The Hall–Kier alpha value is -1.56. The third kappa shape index (κ3) is 7.81. The molecule has 0 aromatic rings. The van der Waals surface area contributed by atoms with Gasteiger partial charge < -0.3 is 19.5 Å². The Morgan fingerprint density at radius 3 is 2.50 bits per heavy atom. The normalized spacial score (nSPS) is 9.38. The van der Waals surface area contributed by atoms with Gasteiger partial charge in [0.05, 0.1) is 13.2 Å². The van der Waals surface area contributed by atoms with E-state index >= 15 is 0 Å². The number of nitrogens with one attached hydrogen (secondary N) is 1. The maximum absolute atomic E-state index is 10.9. The Bertz CT molecular complexity index is 257. The summed E-state index contributed by atoms with van der Waals surface area (Å²) >= 11 is 0. The van der Waals surface area contributed by atoms with Gasteiger partial charge in [-0.3, -0.25) is 0 Å². The van der Waals surface area contributed by atoms with Crippen molar-refractivity contribution in [3.63, 3.8) is 0 Å². The van der Waals surface area contributed by atoms with Gasteiger partial charge in [0.15, 0.2) is 0 Å². The van der Waals surface area contributed by atoms with Gasteiger partial charge in [-0.2, -0.15) is 0 Å². The van der Waals surface area contributed by atoms with Gasteiger partial charge in [0, 0.05) is 14.1 Å². The summed E-state index contributed by atoms with van der Waals surface area (Å²) in [5.41, 5.74) is 0.322. The molecule has 0 aliphatic heterocycles. The van der Waals surface area contributed by atoms with Crippen molar-refractivity contribution in [2.45, 2.75) is 6.92 Å². The van der Waals surface area contributed by atoms with E-state index in [1.165, 1.54) is 7.11 Å². The number of carbonyl (C=O) groups is 2. The van der Waals surface area contributed by atoms with Crippen LogP contribution >= 0.6 is 0 Å². The summed E-state index contributed by atoms with van der Waals surface area (Å²) in [6, 6.07) is 0. The molecule has 0 fully saturated rings. The number of carbonyl (C=O) groups excluding carboxylic acids is 2. The Balaban J connectivity index is 0. The van der Waals surface area contributed by atoms with Gasteiger partial charge in [0.2, 0.25) is 0 Å². The molecular formula is C10H19NO5. The SMILES string of the molecule is C=C(C)C(=O)OCCNC(=O)OCCOC.[HH]. The van der Waals surface area contributed by atoms with Gasteiger partial charge in [-0.15, -0.1) is 0 Å². The predicted molar refractivity (Wildman–Crippen MR) is 59.1 cm³/mol. The van der Waals surface area contributed by atoms with E-state index in [-0.39, 0.29) is 21.2 Å². The predicted octanol–water partition coefficient (Wildman–Crippen LogP) is 0.724. The smallest absolute Gasteiger partial charge is 0.407 e. The second kappa shape index (κ2) is 8.72. The number of amides is 1. The van der Waals surface area contributed by atoms with Crippen molar-refractivity contribution in [3.8, 4) is 0 Å². The number of alkyl carbamates (subject to hydrolysis) is 1. The first-order valence-corrected chi connectivity index (χ1v) is 4.80. The summed E-state index contributed by atoms with van der Waals surface area (Å²) in [7, 11) is 1.51. The monoisotopic (exact) mass is 233 g/mol. The maximum Gasteiger partial charge on any atom is 0.407 e. The van der Waals surface area contributed by atoms with E-state index in [1.807, 2.05) is 0 Å². The maximum atomic E-state index is 10.9. The van der Waals surface area contributed by atoms with Crippen LogP contribution in [0.4, 0.5) is 4.79 Å². The van der Waals surface area contributed by atoms with Crippen LogP contribution in [-0.4, -0.2) is 45.5 Å².